The number of halogens is 2. The van der Waals surface area contributed by atoms with Crippen LogP contribution in [0.15, 0.2) is 24.7 Å². The van der Waals surface area contributed by atoms with E-state index >= 15 is 0 Å². The summed E-state index contributed by atoms with van der Waals surface area (Å²) >= 11 is 0. The molecule has 3 aromatic rings. The molecular formula is C18H20F2N8. The van der Waals surface area contributed by atoms with Crippen LogP contribution in [0.1, 0.15) is 44.6 Å². The van der Waals surface area contributed by atoms with Gasteiger partial charge in [-0.3, -0.25) is 0 Å². The summed E-state index contributed by atoms with van der Waals surface area (Å²) < 4.78 is 30.2. The highest BCUT2D eigenvalue weighted by atomic mass is 19.1. The molecule has 2 heterocycles. The third kappa shape index (κ3) is 3.75. The lowest BCUT2D eigenvalue weighted by molar-refractivity contribution is 0.606. The largest absolute Gasteiger partial charge is 0.365 e. The van der Waals surface area contributed by atoms with E-state index in [-0.39, 0.29) is 29.5 Å². The van der Waals surface area contributed by atoms with E-state index in [1.807, 2.05) is 13.8 Å². The van der Waals surface area contributed by atoms with Crippen LogP contribution in [0.2, 0.25) is 0 Å². The lowest BCUT2D eigenvalue weighted by Gasteiger charge is -2.15. The number of anilines is 3. The average molecular weight is 386 g/mol. The van der Waals surface area contributed by atoms with Gasteiger partial charge in [0, 0.05) is 17.3 Å². The maximum Gasteiger partial charge on any atom is 0.229 e. The Balaban J connectivity index is 1.66. The number of nitrogens with one attached hydrogen (secondary N) is 2. The molecule has 1 aliphatic rings. The summed E-state index contributed by atoms with van der Waals surface area (Å²) in [6.07, 6.45) is 5.19. The van der Waals surface area contributed by atoms with Gasteiger partial charge in [-0.15, -0.1) is 5.10 Å². The number of aromatic nitrogens is 6. The lowest BCUT2D eigenvalue weighted by atomic mass is 10.1. The monoisotopic (exact) mass is 386 g/mol. The van der Waals surface area contributed by atoms with E-state index in [2.05, 4.69) is 36.1 Å². The highest BCUT2D eigenvalue weighted by molar-refractivity contribution is 5.62. The van der Waals surface area contributed by atoms with E-state index in [9.17, 15) is 8.78 Å². The topological polar surface area (TPSA) is 93.4 Å². The normalized spacial score (nSPS) is 14.7. The van der Waals surface area contributed by atoms with Crippen LogP contribution in [-0.2, 0) is 0 Å². The van der Waals surface area contributed by atoms with Crippen molar-refractivity contribution >= 4 is 17.5 Å². The fourth-order valence-electron chi connectivity index (χ4n) is 2.91. The van der Waals surface area contributed by atoms with Crippen LogP contribution in [0.4, 0.5) is 26.2 Å². The first kappa shape index (κ1) is 18.2. The van der Waals surface area contributed by atoms with Gasteiger partial charge in [0.1, 0.15) is 12.1 Å². The van der Waals surface area contributed by atoms with Crippen molar-refractivity contribution in [3.05, 3.63) is 41.9 Å². The smallest absolute Gasteiger partial charge is 0.229 e. The Bertz CT molecular complexity index is 972. The van der Waals surface area contributed by atoms with Crippen LogP contribution in [0.25, 0.3) is 5.69 Å². The molecule has 0 spiro atoms. The van der Waals surface area contributed by atoms with Gasteiger partial charge in [0.25, 0.3) is 0 Å². The molecule has 0 aliphatic heterocycles. The predicted molar refractivity (Wildman–Crippen MR) is 99.7 cm³/mol. The van der Waals surface area contributed by atoms with Gasteiger partial charge >= 0.3 is 0 Å². The zero-order valence-corrected chi connectivity index (χ0v) is 15.5. The van der Waals surface area contributed by atoms with Crippen LogP contribution in [0, 0.1) is 11.6 Å². The molecule has 0 saturated heterocycles. The summed E-state index contributed by atoms with van der Waals surface area (Å²) in [4.78, 5) is 8.12. The van der Waals surface area contributed by atoms with Gasteiger partial charge < -0.3 is 10.6 Å². The third-order valence-electron chi connectivity index (χ3n) is 4.68. The second-order valence-corrected chi connectivity index (χ2v) is 6.89. The molecule has 1 aliphatic carbocycles. The molecule has 1 saturated carbocycles. The number of rotatable bonds is 7. The average Bonchev–Trinajstić information content (AvgIpc) is 3.36. The SMILES string of the molecule is CCC(C)Nc1nc(Nc2cc(F)c(C3CC3)c(-n3cnnn3)c2)ncc1F. The van der Waals surface area contributed by atoms with Crippen molar-refractivity contribution in [1.29, 1.82) is 0 Å². The highest BCUT2D eigenvalue weighted by Crippen LogP contribution is 2.44. The Morgan fingerprint density at radius 1 is 1.25 bits per heavy atom. The van der Waals surface area contributed by atoms with E-state index in [4.69, 9.17) is 0 Å². The molecule has 0 radical (unpaired) electrons. The predicted octanol–water partition coefficient (Wildman–Crippen LogP) is 3.56. The first-order valence-corrected chi connectivity index (χ1v) is 9.18. The molecule has 146 valence electrons. The minimum absolute atomic E-state index is 0.0546. The van der Waals surface area contributed by atoms with Gasteiger partial charge in [-0.05, 0) is 54.7 Å². The molecule has 0 amide bonds. The van der Waals surface area contributed by atoms with Gasteiger partial charge in [0.05, 0.1) is 11.9 Å². The van der Waals surface area contributed by atoms with Crippen molar-refractivity contribution in [2.75, 3.05) is 10.6 Å². The van der Waals surface area contributed by atoms with Gasteiger partial charge in [-0.25, -0.2) is 18.4 Å². The molecule has 8 nitrogen and oxygen atoms in total. The van der Waals surface area contributed by atoms with Crippen LogP contribution in [-0.4, -0.2) is 36.2 Å². The Morgan fingerprint density at radius 2 is 2.07 bits per heavy atom. The van der Waals surface area contributed by atoms with Crippen LogP contribution < -0.4 is 10.6 Å². The zero-order chi connectivity index (χ0) is 19.7. The zero-order valence-electron chi connectivity index (χ0n) is 15.5. The number of hydrogen-bond acceptors (Lipinski definition) is 7. The summed E-state index contributed by atoms with van der Waals surface area (Å²) in [6, 6.07) is 3.18. The Labute approximate surface area is 160 Å². The van der Waals surface area contributed by atoms with Crippen LogP contribution >= 0.6 is 0 Å². The summed E-state index contributed by atoms with van der Waals surface area (Å²) in [5.41, 5.74) is 1.58. The molecule has 1 aromatic carbocycles. The van der Waals surface area contributed by atoms with Crippen molar-refractivity contribution in [3.8, 4) is 5.69 Å². The van der Waals surface area contributed by atoms with Gasteiger partial charge in [0.15, 0.2) is 11.6 Å². The maximum absolute atomic E-state index is 14.8. The molecule has 1 fully saturated rings. The Hall–Kier alpha value is -3.17. The van der Waals surface area contributed by atoms with E-state index < -0.39 is 5.82 Å². The quantitative estimate of drug-likeness (QED) is 0.641. The van der Waals surface area contributed by atoms with Gasteiger partial charge in [-0.1, -0.05) is 6.92 Å². The van der Waals surface area contributed by atoms with Crippen LogP contribution in [0.3, 0.4) is 0 Å². The van der Waals surface area contributed by atoms with Crippen molar-refractivity contribution in [2.24, 2.45) is 0 Å². The summed E-state index contributed by atoms with van der Waals surface area (Å²) in [5, 5.41) is 17.1. The minimum Gasteiger partial charge on any atom is -0.365 e. The van der Waals surface area contributed by atoms with Crippen molar-refractivity contribution in [2.45, 2.75) is 45.1 Å². The van der Waals surface area contributed by atoms with Crippen molar-refractivity contribution in [1.82, 2.24) is 30.2 Å². The molecule has 10 heteroatoms. The lowest BCUT2D eigenvalue weighted by Crippen LogP contribution is -2.16. The summed E-state index contributed by atoms with van der Waals surface area (Å²) in [5.74, 6) is -0.466. The minimum atomic E-state index is -0.546. The van der Waals surface area contributed by atoms with Crippen molar-refractivity contribution < 1.29 is 8.78 Å². The van der Waals surface area contributed by atoms with Gasteiger partial charge in [-0.2, -0.15) is 4.98 Å². The number of hydrogen-bond donors (Lipinski definition) is 2. The Morgan fingerprint density at radius 3 is 2.75 bits per heavy atom. The highest BCUT2D eigenvalue weighted by Gasteiger charge is 2.30. The maximum atomic E-state index is 14.8. The molecule has 0 bridgehead atoms. The second-order valence-electron chi connectivity index (χ2n) is 6.89. The van der Waals surface area contributed by atoms with E-state index in [1.165, 1.54) is 17.1 Å². The fraction of sp³-hybridized carbons (Fsp3) is 0.389. The number of benzene rings is 1. The summed E-state index contributed by atoms with van der Waals surface area (Å²) in [7, 11) is 0. The second kappa shape index (κ2) is 7.45. The van der Waals surface area contributed by atoms with Gasteiger partial charge in [0.2, 0.25) is 5.95 Å². The molecule has 2 aromatic heterocycles. The molecule has 2 N–H and O–H groups in total. The van der Waals surface area contributed by atoms with Crippen LogP contribution in [0.5, 0.6) is 0 Å². The molecule has 1 unspecified atom stereocenters. The van der Waals surface area contributed by atoms with E-state index in [0.717, 1.165) is 25.5 Å². The van der Waals surface area contributed by atoms with E-state index in [0.29, 0.717) is 16.9 Å². The molecular weight excluding hydrogens is 366 g/mol. The van der Waals surface area contributed by atoms with Crippen molar-refractivity contribution in [3.63, 3.8) is 0 Å². The molecule has 1 atom stereocenters. The Kier molecular flexibility index (Phi) is 4.84. The first-order valence-electron chi connectivity index (χ1n) is 9.18. The first-order chi connectivity index (χ1) is 13.5. The van der Waals surface area contributed by atoms with E-state index in [1.54, 1.807) is 6.07 Å². The number of tetrazole rings is 1. The third-order valence-corrected chi connectivity index (χ3v) is 4.68. The summed E-state index contributed by atoms with van der Waals surface area (Å²) in [6.45, 7) is 3.92. The number of nitrogens with zero attached hydrogens (tertiary/aromatic N) is 6. The molecule has 28 heavy (non-hydrogen) atoms. The fourth-order valence-corrected chi connectivity index (χ4v) is 2.91. The molecule has 4 rings (SSSR count). The standard InChI is InChI=1S/C18H20F2N8/c1-3-10(2)23-17-14(20)8-21-18(25-17)24-12-6-13(19)16(11-4-5-11)15(7-12)28-9-22-26-27-28/h6-11H,3-5H2,1-2H3,(H2,21,23,24,25).